The van der Waals surface area contributed by atoms with E-state index in [4.69, 9.17) is 10.3 Å². The molecule has 0 unspecified atom stereocenters. The summed E-state index contributed by atoms with van der Waals surface area (Å²) in [6, 6.07) is 0. The van der Waals surface area contributed by atoms with Crippen LogP contribution in [-0.2, 0) is 9.53 Å². The molecule has 0 aliphatic heterocycles. The number of carbonyl (C=O) groups excluding carboxylic acids is 1. The zero-order valence-corrected chi connectivity index (χ0v) is 12.1. The van der Waals surface area contributed by atoms with E-state index in [0.29, 0.717) is 19.6 Å². The zero-order chi connectivity index (χ0) is 14.2. The fraction of sp³-hybridized carbons (Fsp3) is 0.929. The van der Waals surface area contributed by atoms with E-state index in [1.807, 2.05) is 6.92 Å². The molecule has 0 amide bonds. The van der Waals surface area contributed by atoms with Gasteiger partial charge in [0.15, 0.2) is 0 Å². The summed E-state index contributed by atoms with van der Waals surface area (Å²) in [5, 5.41) is 3.51. The lowest BCUT2D eigenvalue weighted by Crippen LogP contribution is -2.03. The molecule has 0 fully saturated rings. The topological polar surface area (TPSA) is 75.1 Å². The molecule has 0 heterocycles. The van der Waals surface area contributed by atoms with Gasteiger partial charge < -0.3 is 4.74 Å². The van der Waals surface area contributed by atoms with Crippen molar-refractivity contribution in [3.63, 3.8) is 0 Å². The number of ether oxygens (including phenoxy) is 1. The van der Waals surface area contributed by atoms with E-state index in [1.165, 1.54) is 32.1 Å². The molecule has 0 rings (SSSR count). The molecule has 0 spiro atoms. The van der Waals surface area contributed by atoms with Crippen LogP contribution < -0.4 is 0 Å². The Hall–Kier alpha value is -1.22. The first-order valence-corrected chi connectivity index (χ1v) is 7.47. The van der Waals surface area contributed by atoms with Crippen LogP contribution in [0.3, 0.4) is 0 Å². The summed E-state index contributed by atoms with van der Waals surface area (Å²) in [6.45, 7) is 2.95. The highest BCUT2D eigenvalue weighted by Crippen LogP contribution is 2.10. The molecule has 0 aliphatic rings. The van der Waals surface area contributed by atoms with Crippen molar-refractivity contribution in [2.75, 3.05) is 13.2 Å². The number of azide groups is 1. The number of nitrogens with zero attached hydrogens (tertiary/aromatic N) is 3. The predicted molar refractivity (Wildman–Crippen MR) is 76.8 cm³/mol. The van der Waals surface area contributed by atoms with Crippen LogP contribution in [-0.4, -0.2) is 19.1 Å². The summed E-state index contributed by atoms with van der Waals surface area (Å²) < 4.78 is 4.87. The maximum atomic E-state index is 11.1. The Balaban J connectivity index is 3.06. The van der Waals surface area contributed by atoms with Crippen molar-refractivity contribution < 1.29 is 9.53 Å². The molecule has 5 nitrogen and oxygen atoms in total. The minimum Gasteiger partial charge on any atom is -0.466 e. The standard InChI is InChI=1S/C14H27N3O2/c1-2-19-14(18)12-10-8-6-4-3-5-7-9-11-13-16-17-15/h2-13H2,1H3. The summed E-state index contributed by atoms with van der Waals surface area (Å²) in [5.41, 5.74) is 8.10. The van der Waals surface area contributed by atoms with E-state index in [-0.39, 0.29) is 5.97 Å². The third kappa shape index (κ3) is 14.7. The Morgan fingerprint density at radius 2 is 1.53 bits per heavy atom. The molecular weight excluding hydrogens is 242 g/mol. The molecule has 0 aromatic rings. The second-order valence-electron chi connectivity index (χ2n) is 4.69. The minimum absolute atomic E-state index is 0.0671. The fourth-order valence-electron chi connectivity index (χ4n) is 1.97. The second-order valence-corrected chi connectivity index (χ2v) is 4.69. The third-order valence-electron chi connectivity index (χ3n) is 3.01. The van der Waals surface area contributed by atoms with Gasteiger partial charge in [-0.15, -0.1) is 0 Å². The Labute approximate surface area is 116 Å². The molecule has 19 heavy (non-hydrogen) atoms. The van der Waals surface area contributed by atoms with E-state index < -0.39 is 0 Å². The molecule has 5 heteroatoms. The maximum Gasteiger partial charge on any atom is 0.305 e. The SMILES string of the molecule is CCOC(=O)CCCCCCCCCCCN=[N+]=[N-]. The lowest BCUT2D eigenvalue weighted by molar-refractivity contribution is -0.143. The zero-order valence-electron chi connectivity index (χ0n) is 12.1. The van der Waals surface area contributed by atoms with Crippen LogP contribution in [0.4, 0.5) is 0 Å². The van der Waals surface area contributed by atoms with Gasteiger partial charge in [0.1, 0.15) is 0 Å². The van der Waals surface area contributed by atoms with Crippen LogP contribution in [0.5, 0.6) is 0 Å². The fourth-order valence-corrected chi connectivity index (χ4v) is 1.97. The maximum absolute atomic E-state index is 11.1. The molecule has 0 aromatic heterocycles. The lowest BCUT2D eigenvalue weighted by atomic mass is 10.1. The lowest BCUT2D eigenvalue weighted by Gasteiger charge is -2.02. The van der Waals surface area contributed by atoms with Crippen molar-refractivity contribution >= 4 is 5.97 Å². The molecule has 0 saturated heterocycles. The number of hydrogen-bond donors (Lipinski definition) is 0. The van der Waals surface area contributed by atoms with Crippen molar-refractivity contribution in [3.8, 4) is 0 Å². The van der Waals surface area contributed by atoms with Gasteiger partial charge in [-0.3, -0.25) is 4.79 Å². The first-order chi connectivity index (χ1) is 9.31. The number of rotatable bonds is 13. The van der Waals surface area contributed by atoms with Gasteiger partial charge in [0.05, 0.1) is 6.61 Å². The Bertz CT molecular complexity index is 263. The van der Waals surface area contributed by atoms with E-state index in [9.17, 15) is 4.79 Å². The van der Waals surface area contributed by atoms with Gasteiger partial charge in [0.25, 0.3) is 0 Å². The van der Waals surface area contributed by atoms with Crippen molar-refractivity contribution in [2.45, 2.75) is 71.1 Å². The summed E-state index contributed by atoms with van der Waals surface area (Å²) in [7, 11) is 0. The summed E-state index contributed by atoms with van der Waals surface area (Å²) in [5.74, 6) is -0.0671. The molecule has 0 N–H and O–H groups in total. The van der Waals surface area contributed by atoms with Gasteiger partial charge in [-0.1, -0.05) is 50.1 Å². The number of esters is 1. The third-order valence-corrected chi connectivity index (χ3v) is 3.01. The van der Waals surface area contributed by atoms with Gasteiger partial charge in [-0.05, 0) is 25.3 Å². The van der Waals surface area contributed by atoms with Gasteiger partial charge in [0.2, 0.25) is 0 Å². The molecule has 110 valence electrons. The van der Waals surface area contributed by atoms with Crippen LogP contribution in [0.25, 0.3) is 10.4 Å². The van der Waals surface area contributed by atoms with E-state index in [2.05, 4.69) is 10.0 Å². The normalized spacial score (nSPS) is 9.95. The van der Waals surface area contributed by atoms with Crippen molar-refractivity contribution in [1.82, 2.24) is 0 Å². The van der Waals surface area contributed by atoms with E-state index in [0.717, 1.165) is 25.7 Å². The van der Waals surface area contributed by atoms with Crippen LogP contribution in [0.1, 0.15) is 71.1 Å². The molecule has 0 bridgehead atoms. The van der Waals surface area contributed by atoms with E-state index >= 15 is 0 Å². The molecule has 0 atom stereocenters. The highest BCUT2D eigenvalue weighted by atomic mass is 16.5. The van der Waals surface area contributed by atoms with Crippen LogP contribution in [0.2, 0.25) is 0 Å². The van der Waals surface area contributed by atoms with Crippen LogP contribution in [0, 0.1) is 0 Å². The summed E-state index contributed by atoms with van der Waals surface area (Å²) in [6.07, 6.45) is 11.0. The molecule has 0 aromatic carbocycles. The van der Waals surface area contributed by atoms with Gasteiger partial charge in [-0.25, -0.2) is 0 Å². The number of carbonyl (C=O) groups is 1. The molecule has 0 aliphatic carbocycles. The highest BCUT2D eigenvalue weighted by Gasteiger charge is 2.00. The first-order valence-electron chi connectivity index (χ1n) is 7.47. The predicted octanol–water partition coefficient (Wildman–Crippen LogP) is 4.76. The largest absolute Gasteiger partial charge is 0.466 e. The van der Waals surface area contributed by atoms with E-state index in [1.54, 1.807) is 0 Å². The van der Waals surface area contributed by atoms with Crippen LogP contribution in [0.15, 0.2) is 5.11 Å². The number of hydrogen-bond acceptors (Lipinski definition) is 3. The number of unbranched alkanes of at least 4 members (excludes halogenated alkanes) is 8. The minimum atomic E-state index is -0.0671. The molecule has 0 saturated carbocycles. The monoisotopic (exact) mass is 269 g/mol. The quantitative estimate of drug-likeness (QED) is 0.159. The second kappa shape index (κ2) is 14.8. The average Bonchev–Trinajstić information content (AvgIpc) is 2.40. The van der Waals surface area contributed by atoms with Gasteiger partial charge in [-0.2, -0.15) is 0 Å². The molecular formula is C14H27N3O2. The molecule has 0 radical (unpaired) electrons. The Morgan fingerprint density at radius 3 is 2.05 bits per heavy atom. The van der Waals surface area contributed by atoms with Gasteiger partial charge in [0, 0.05) is 17.9 Å². The van der Waals surface area contributed by atoms with Crippen molar-refractivity contribution in [2.24, 2.45) is 5.11 Å². The van der Waals surface area contributed by atoms with Crippen molar-refractivity contribution in [1.29, 1.82) is 0 Å². The van der Waals surface area contributed by atoms with Crippen LogP contribution >= 0.6 is 0 Å². The average molecular weight is 269 g/mol. The highest BCUT2D eigenvalue weighted by molar-refractivity contribution is 5.69. The smallest absolute Gasteiger partial charge is 0.305 e. The first kappa shape index (κ1) is 17.8. The Morgan fingerprint density at radius 1 is 1.00 bits per heavy atom. The Kier molecular flexibility index (Phi) is 13.9. The van der Waals surface area contributed by atoms with Crippen molar-refractivity contribution in [3.05, 3.63) is 10.4 Å². The van der Waals surface area contributed by atoms with Gasteiger partial charge >= 0.3 is 5.97 Å². The summed E-state index contributed by atoms with van der Waals surface area (Å²) >= 11 is 0. The summed E-state index contributed by atoms with van der Waals surface area (Å²) in [4.78, 5) is 13.8.